The standard InChI is InChI=1S/C26H32N4O4/c1-3-34-24-8-5-4-7-23(24)29-17-15-28(16-18-29)13-6-14-30-25(31)22(27-26(30)32)19-20-9-11-21(33-2)12-10-20/h4-5,7-12,19H,3,6,13-18H2,1-2H3,(H,27,32)/b22-19-. The van der Waals surface area contributed by atoms with Crippen molar-refractivity contribution in [2.45, 2.75) is 13.3 Å². The second kappa shape index (κ2) is 11.1. The molecule has 0 spiro atoms. The van der Waals surface area contributed by atoms with Crippen molar-refractivity contribution >= 4 is 23.7 Å². The van der Waals surface area contributed by atoms with E-state index in [1.807, 2.05) is 49.4 Å². The Kier molecular flexibility index (Phi) is 7.69. The smallest absolute Gasteiger partial charge is 0.329 e. The number of ether oxygens (including phenoxy) is 2. The highest BCUT2D eigenvalue weighted by Gasteiger charge is 2.33. The van der Waals surface area contributed by atoms with Crippen LogP contribution < -0.4 is 19.7 Å². The van der Waals surface area contributed by atoms with Crippen LogP contribution in [0.1, 0.15) is 18.9 Å². The minimum atomic E-state index is -0.359. The highest BCUT2D eigenvalue weighted by Crippen LogP contribution is 2.28. The van der Waals surface area contributed by atoms with Crippen LogP contribution in [0.2, 0.25) is 0 Å². The van der Waals surface area contributed by atoms with Crippen molar-refractivity contribution in [1.29, 1.82) is 0 Å². The Bertz CT molecular complexity index is 1030. The molecule has 2 saturated heterocycles. The zero-order chi connectivity index (χ0) is 23.9. The summed E-state index contributed by atoms with van der Waals surface area (Å²) in [6.07, 6.45) is 2.43. The summed E-state index contributed by atoms with van der Waals surface area (Å²) in [5, 5.41) is 2.69. The fourth-order valence-electron chi connectivity index (χ4n) is 4.30. The van der Waals surface area contributed by atoms with Gasteiger partial charge in [-0.15, -0.1) is 0 Å². The molecule has 0 atom stereocenters. The molecule has 0 aromatic heterocycles. The lowest BCUT2D eigenvalue weighted by Crippen LogP contribution is -2.47. The topological polar surface area (TPSA) is 74.3 Å². The molecular weight excluding hydrogens is 432 g/mol. The Hall–Kier alpha value is -3.52. The molecule has 2 aliphatic heterocycles. The zero-order valence-corrected chi connectivity index (χ0v) is 19.8. The average Bonchev–Trinajstić information content (AvgIpc) is 3.13. The first-order valence-electron chi connectivity index (χ1n) is 11.8. The van der Waals surface area contributed by atoms with E-state index < -0.39 is 0 Å². The molecule has 3 amide bonds. The number of methoxy groups -OCH3 is 1. The molecule has 8 nitrogen and oxygen atoms in total. The number of para-hydroxylation sites is 2. The van der Waals surface area contributed by atoms with Gasteiger partial charge in [0.15, 0.2) is 0 Å². The molecule has 8 heteroatoms. The van der Waals surface area contributed by atoms with E-state index in [9.17, 15) is 9.59 Å². The van der Waals surface area contributed by atoms with Crippen LogP contribution in [0, 0.1) is 0 Å². The predicted molar refractivity (Wildman–Crippen MR) is 132 cm³/mol. The summed E-state index contributed by atoms with van der Waals surface area (Å²) in [4.78, 5) is 31.1. The molecule has 0 bridgehead atoms. The molecule has 2 heterocycles. The molecule has 0 radical (unpaired) electrons. The van der Waals surface area contributed by atoms with E-state index in [2.05, 4.69) is 21.2 Å². The van der Waals surface area contributed by atoms with Gasteiger partial charge in [0, 0.05) is 32.7 Å². The second-order valence-corrected chi connectivity index (χ2v) is 8.30. The fourth-order valence-corrected chi connectivity index (χ4v) is 4.30. The number of imide groups is 1. The Balaban J connectivity index is 1.25. The van der Waals surface area contributed by atoms with Crippen molar-refractivity contribution in [3.63, 3.8) is 0 Å². The summed E-state index contributed by atoms with van der Waals surface area (Å²) in [5.41, 5.74) is 2.27. The van der Waals surface area contributed by atoms with Crippen LogP contribution in [-0.2, 0) is 4.79 Å². The van der Waals surface area contributed by atoms with Gasteiger partial charge in [-0.05, 0) is 55.8 Å². The van der Waals surface area contributed by atoms with Crippen LogP contribution in [0.15, 0.2) is 54.2 Å². The van der Waals surface area contributed by atoms with Gasteiger partial charge in [0.1, 0.15) is 17.2 Å². The summed E-state index contributed by atoms with van der Waals surface area (Å²) >= 11 is 0. The van der Waals surface area contributed by atoms with E-state index in [4.69, 9.17) is 9.47 Å². The molecule has 2 fully saturated rings. The molecule has 2 aromatic carbocycles. The minimum Gasteiger partial charge on any atom is -0.497 e. The maximum Gasteiger partial charge on any atom is 0.329 e. The van der Waals surface area contributed by atoms with Gasteiger partial charge in [-0.3, -0.25) is 14.6 Å². The van der Waals surface area contributed by atoms with Crippen LogP contribution in [0.3, 0.4) is 0 Å². The summed E-state index contributed by atoms with van der Waals surface area (Å²) in [6, 6.07) is 15.1. The van der Waals surface area contributed by atoms with Crippen LogP contribution >= 0.6 is 0 Å². The largest absolute Gasteiger partial charge is 0.497 e. The molecule has 2 aliphatic rings. The SMILES string of the molecule is CCOc1ccccc1N1CCN(CCCN2C(=O)N/C(=C\c3ccc(OC)cc3)C2=O)CC1. The minimum absolute atomic E-state index is 0.279. The summed E-state index contributed by atoms with van der Waals surface area (Å²) in [5.74, 6) is 1.39. The normalized spacial score (nSPS) is 17.9. The first-order valence-corrected chi connectivity index (χ1v) is 11.8. The van der Waals surface area contributed by atoms with Crippen molar-refractivity contribution < 1.29 is 19.1 Å². The number of carbonyl (C=O) groups is 2. The molecule has 0 aliphatic carbocycles. The fraction of sp³-hybridized carbons (Fsp3) is 0.385. The van der Waals surface area contributed by atoms with Gasteiger partial charge in [0.05, 0.1) is 19.4 Å². The van der Waals surface area contributed by atoms with Crippen molar-refractivity contribution in [3.8, 4) is 11.5 Å². The first-order chi connectivity index (χ1) is 16.6. The number of hydrogen-bond donors (Lipinski definition) is 1. The number of hydrogen-bond acceptors (Lipinski definition) is 6. The molecule has 0 unspecified atom stereocenters. The van der Waals surface area contributed by atoms with Gasteiger partial charge >= 0.3 is 6.03 Å². The molecule has 4 rings (SSSR count). The van der Waals surface area contributed by atoms with Crippen LogP contribution in [0.25, 0.3) is 6.08 Å². The molecular formula is C26H32N4O4. The maximum absolute atomic E-state index is 12.7. The van der Waals surface area contributed by atoms with E-state index in [1.165, 1.54) is 4.90 Å². The van der Waals surface area contributed by atoms with E-state index in [-0.39, 0.29) is 11.9 Å². The number of rotatable bonds is 9. The number of piperazine rings is 1. The van der Waals surface area contributed by atoms with Crippen molar-refractivity contribution in [3.05, 3.63) is 59.8 Å². The first kappa shape index (κ1) is 23.6. The van der Waals surface area contributed by atoms with Crippen LogP contribution in [0.5, 0.6) is 11.5 Å². The third kappa shape index (κ3) is 5.51. The Morgan fingerprint density at radius 3 is 2.41 bits per heavy atom. The molecule has 2 aromatic rings. The second-order valence-electron chi connectivity index (χ2n) is 8.30. The molecule has 1 N–H and O–H groups in total. The zero-order valence-electron chi connectivity index (χ0n) is 19.8. The number of nitrogens with one attached hydrogen (secondary N) is 1. The lowest BCUT2D eigenvalue weighted by molar-refractivity contribution is -0.122. The van der Waals surface area contributed by atoms with Gasteiger partial charge < -0.3 is 19.7 Å². The highest BCUT2D eigenvalue weighted by molar-refractivity contribution is 6.13. The van der Waals surface area contributed by atoms with Crippen molar-refractivity contribution in [2.24, 2.45) is 0 Å². The summed E-state index contributed by atoms with van der Waals surface area (Å²) in [7, 11) is 1.60. The average molecular weight is 465 g/mol. The Morgan fingerprint density at radius 2 is 1.71 bits per heavy atom. The number of benzene rings is 2. The highest BCUT2D eigenvalue weighted by atomic mass is 16.5. The number of urea groups is 1. The lowest BCUT2D eigenvalue weighted by atomic mass is 10.2. The number of nitrogens with zero attached hydrogens (tertiary/aromatic N) is 3. The van der Waals surface area contributed by atoms with Gasteiger partial charge in [-0.25, -0.2) is 4.79 Å². The molecule has 0 saturated carbocycles. The van der Waals surface area contributed by atoms with Crippen LogP contribution in [-0.4, -0.2) is 74.7 Å². The lowest BCUT2D eigenvalue weighted by Gasteiger charge is -2.36. The quantitative estimate of drug-likeness (QED) is 0.454. The van der Waals surface area contributed by atoms with E-state index in [0.29, 0.717) is 18.8 Å². The molecule has 180 valence electrons. The summed E-state index contributed by atoms with van der Waals surface area (Å²) in [6.45, 7) is 7.60. The van der Waals surface area contributed by atoms with Crippen molar-refractivity contribution in [1.82, 2.24) is 15.1 Å². The van der Waals surface area contributed by atoms with Gasteiger partial charge in [0.25, 0.3) is 5.91 Å². The maximum atomic E-state index is 12.7. The monoisotopic (exact) mass is 464 g/mol. The van der Waals surface area contributed by atoms with E-state index >= 15 is 0 Å². The van der Waals surface area contributed by atoms with Crippen molar-refractivity contribution in [2.75, 3.05) is 57.9 Å². The number of anilines is 1. The number of carbonyl (C=O) groups excluding carboxylic acids is 2. The number of amides is 3. The molecule has 34 heavy (non-hydrogen) atoms. The predicted octanol–water partition coefficient (Wildman–Crippen LogP) is 3.20. The Labute approximate surface area is 200 Å². The third-order valence-corrected chi connectivity index (χ3v) is 6.12. The summed E-state index contributed by atoms with van der Waals surface area (Å²) < 4.78 is 10.9. The van der Waals surface area contributed by atoms with E-state index in [0.717, 1.165) is 61.9 Å². The van der Waals surface area contributed by atoms with Gasteiger partial charge in [0.2, 0.25) is 0 Å². The third-order valence-electron chi connectivity index (χ3n) is 6.12. The van der Waals surface area contributed by atoms with E-state index in [1.54, 1.807) is 13.2 Å². The Morgan fingerprint density at radius 1 is 0.971 bits per heavy atom. The van der Waals surface area contributed by atoms with Gasteiger partial charge in [-0.2, -0.15) is 0 Å². The van der Waals surface area contributed by atoms with Crippen LogP contribution in [0.4, 0.5) is 10.5 Å². The van der Waals surface area contributed by atoms with Gasteiger partial charge in [-0.1, -0.05) is 24.3 Å².